The van der Waals surface area contributed by atoms with Crippen molar-refractivity contribution in [3.8, 4) is 0 Å². The summed E-state index contributed by atoms with van der Waals surface area (Å²) in [6.07, 6.45) is 0. The summed E-state index contributed by atoms with van der Waals surface area (Å²) in [6, 6.07) is 0. The molecule has 0 amide bonds. The predicted molar refractivity (Wildman–Crippen MR) is 35.3 cm³/mol. The van der Waals surface area contributed by atoms with Gasteiger partial charge in [0, 0.05) is 7.05 Å². The van der Waals surface area contributed by atoms with Crippen LogP contribution in [0.15, 0.2) is 0 Å². The van der Waals surface area contributed by atoms with Gasteiger partial charge in [0.05, 0.1) is 0 Å². The molecule has 0 atom stereocenters. The molecule has 11 heavy (non-hydrogen) atoms. The Bertz CT molecular complexity index is 221. The molecule has 2 heterocycles. The van der Waals surface area contributed by atoms with Gasteiger partial charge in [-0.2, -0.15) is 0 Å². The molecular weight excluding hydrogens is 149 g/mol. The van der Waals surface area contributed by atoms with Crippen molar-refractivity contribution >= 4 is 19.2 Å². The van der Waals surface area contributed by atoms with E-state index in [-0.39, 0.29) is 25.0 Å². The highest BCUT2D eigenvalue weighted by atomic mass is 16.7. The molecule has 0 aromatic carbocycles. The Morgan fingerprint density at radius 1 is 1.27 bits per heavy atom. The van der Waals surface area contributed by atoms with Crippen molar-refractivity contribution in [2.75, 3.05) is 20.1 Å². The number of nitrogens with zero attached hydrogens (tertiary/aromatic N) is 1. The molecule has 6 heteroatoms. The van der Waals surface area contributed by atoms with Crippen LogP contribution in [-0.4, -0.2) is 43.7 Å². The van der Waals surface area contributed by atoms with Crippen molar-refractivity contribution < 1.29 is 23.3 Å². The highest BCUT2D eigenvalue weighted by Crippen LogP contribution is 2.22. The minimum Gasteiger partial charge on any atom is -0.602 e. The zero-order valence-electron chi connectivity index (χ0n) is 6.20. The quantitative estimate of drug-likeness (QED) is 0.392. The van der Waals surface area contributed by atoms with E-state index in [1.54, 1.807) is 7.05 Å². The van der Waals surface area contributed by atoms with Gasteiger partial charge >= 0.3 is 19.2 Å². The SMILES string of the molecule is C[N+]12CC(=O)O[BH-]1OC(=O)C2. The van der Waals surface area contributed by atoms with Crippen LogP contribution in [0.2, 0.25) is 0 Å². The molecule has 2 rings (SSSR count). The molecule has 0 bridgehead atoms. The van der Waals surface area contributed by atoms with Gasteiger partial charge in [-0.1, -0.05) is 0 Å². The van der Waals surface area contributed by atoms with E-state index in [1.807, 2.05) is 0 Å². The van der Waals surface area contributed by atoms with Gasteiger partial charge < -0.3 is 13.7 Å². The highest BCUT2D eigenvalue weighted by molar-refractivity contribution is 6.45. The monoisotopic (exact) mass is 157 g/mol. The second-order valence-electron chi connectivity index (χ2n) is 3.34. The fraction of sp³-hybridized carbons (Fsp3) is 0.600. The lowest BCUT2D eigenvalue weighted by molar-refractivity contribution is -0.785. The van der Waals surface area contributed by atoms with E-state index in [0.29, 0.717) is 4.39 Å². The van der Waals surface area contributed by atoms with E-state index in [4.69, 9.17) is 9.31 Å². The number of hydrogen-bond donors (Lipinski definition) is 0. The second-order valence-corrected chi connectivity index (χ2v) is 3.34. The Balaban J connectivity index is 2.25. The molecule has 0 spiro atoms. The van der Waals surface area contributed by atoms with Crippen molar-refractivity contribution in [1.29, 1.82) is 0 Å². The topological polar surface area (TPSA) is 52.6 Å². The van der Waals surface area contributed by atoms with E-state index in [0.717, 1.165) is 0 Å². The Hall–Kier alpha value is -1.04. The first-order chi connectivity index (χ1) is 5.10. The minimum atomic E-state index is -1.50. The molecule has 0 saturated carbocycles. The van der Waals surface area contributed by atoms with E-state index >= 15 is 0 Å². The summed E-state index contributed by atoms with van der Waals surface area (Å²) in [5.74, 6) is -0.528. The van der Waals surface area contributed by atoms with Gasteiger partial charge in [0.1, 0.15) is 13.1 Å². The predicted octanol–water partition coefficient (Wildman–Crippen LogP) is -1.74. The zero-order valence-corrected chi connectivity index (χ0v) is 6.20. The molecule has 2 aliphatic rings. The number of carbonyl (C=O) groups is 2. The van der Waals surface area contributed by atoms with Gasteiger partial charge in [-0.05, 0) is 0 Å². The van der Waals surface area contributed by atoms with Gasteiger partial charge in [0.15, 0.2) is 0 Å². The average Bonchev–Trinajstić information content (AvgIpc) is 2.16. The van der Waals surface area contributed by atoms with Crippen LogP contribution in [0.5, 0.6) is 0 Å². The van der Waals surface area contributed by atoms with E-state index in [9.17, 15) is 9.59 Å². The molecule has 0 aromatic rings. The van der Waals surface area contributed by atoms with Crippen molar-refractivity contribution in [2.45, 2.75) is 0 Å². The van der Waals surface area contributed by atoms with E-state index < -0.39 is 7.25 Å². The first-order valence-corrected chi connectivity index (χ1v) is 3.50. The number of carbonyl (C=O) groups excluding carboxylic acids is 2. The van der Waals surface area contributed by atoms with Crippen molar-refractivity contribution in [3.05, 3.63) is 0 Å². The number of rotatable bonds is 0. The average molecular weight is 157 g/mol. The van der Waals surface area contributed by atoms with Crippen LogP contribution in [0.1, 0.15) is 0 Å². The van der Waals surface area contributed by atoms with Crippen molar-refractivity contribution in [2.24, 2.45) is 0 Å². The van der Waals surface area contributed by atoms with Gasteiger partial charge in [0.2, 0.25) is 0 Å². The standard InChI is InChI=1S/C5H8BNO4/c1-7-2-4(8)10-6(7)11-5(9)3-7/h6H,2-3H2,1H3. The molecule has 2 aliphatic heterocycles. The zero-order chi connectivity index (χ0) is 8.06. The van der Waals surface area contributed by atoms with Crippen molar-refractivity contribution in [3.63, 3.8) is 0 Å². The van der Waals surface area contributed by atoms with Crippen LogP contribution in [0.3, 0.4) is 0 Å². The van der Waals surface area contributed by atoms with Crippen LogP contribution in [-0.2, 0) is 18.9 Å². The molecule has 2 saturated heterocycles. The lowest BCUT2D eigenvalue weighted by Crippen LogP contribution is -2.48. The van der Waals surface area contributed by atoms with Crippen LogP contribution >= 0.6 is 0 Å². The molecule has 0 radical (unpaired) electrons. The molecule has 5 nitrogen and oxygen atoms in total. The Kier molecular flexibility index (Phi) is 1.07. The number of hydrogen-bond acceptors (Lipinski definition) is 4. The maximum Gasteiger partial charge on any atom is 0.572 e. The number of fused-ring (bicyclic) bond motifs is 1. The van der Waals surface area contributed by atoms with Gasteiger partial charge in [-0.3, -0.25) is 9.59 Å². The summed E-state index contributed by atoms with van der Waals surface area (Å²) < 4.78 is 10.00. The Morgan fingerprint density at radius 2 is 1.73 bits per heavy atom. The molecule has 0 aromatic heterocycles. The maximum absolute atomic E-state index is 10.8. The smallest absolute Gasteiger partial charge is 0.572 e. The highest BCUT2D eigenvalue weighted by Gasteiger charge is 2.49. The third kappa shape index (κ3) is 0.825. The van der Waals surface area contributed by atoms with Gasteiger partial charge in [0.25, 0.3) is 0 Å². The maximum atomic E-state index is 10.8. The third-order valence-corrected chi connectivity index (χ3v) is 2.21. The molecular formula is C5H8BNO4. The fourth-order valence-corrected chi connectivity index (χ4v) is 1.57. The first-order valence-electron chi connectivity index (χ1n) is 3.50. The molecule has 60 valence electrons. The summed E-state index contributed by atoms with van der Waals surface area (Å²) in [6.45, 7) is 0.539. The first kappa shape index (κ1) is 6.66. The summed E-state index contributed by atoms with van der Waals surface area (Å²) >= 11 is 0. The third-order valence-electron chi connectivity index (χ3n) is 2.21. The second kappa shape index (κ2) is 1.76. The number of likely N-dealkylation sites (N-methyl/N-ethyl adjacent to an activating group) is 1. The lowest BCUT2D eigenvalue weighted by Gasteiger charge is -2.29. The largest absolute Gasteiger partial charge is 0.602 e. The Morgan fingerprint density at radius 3 is 2.09 bits per heavy atom. The minimum absolute atomic E-state index is 0.264. The summed E-state index contributed by atoms with van der Waals surface area (Å²) in [5, 5.41) is 0. The van der Waals surface area contributed by atoms with Crippen LogP contribution < -0.4 is 0 Å². The van der Waals surface area contributed by atoms with Gasteiger partial charge in [-0.25, -0.2) is 0 Å². The summed E-state index contributed by atoms with van der Waals surface area (Å²) in [7, 11) is 0.306. The number of quaternary nitrogens is 1. The van der Waals surface area contributed by atoms with Crippen LogP contribution in [0, 0.1) is 0 Å². The molecule has 2 fully saturated rings. The fourth-order valence-electron chi connectivity index (χ4n) is 1.57. The Labute approximate surface area is 63.6 Å². The molecule has 0 aliphatic carbocycles. The van der Waals surface area contributed by atoms with E-state index in [2.05, 4.69) is 0 Å². The van der Waals surface area contributed by atoms with Crippen molar-refractivity contribution in [1.82, 2.24) is 0 Å². The van der Waals surface area contributed by atoms with Crippen LogP contribution in [0.25, 0.3) is 0 Å². The van der Waals surface area contributed by atoms with Gasteiger partial charge in [-0.15, -0.1) is 0 Å². The van der Waals surface area contributed by atoms with Crippen LogP contribution in [0.4, 0.5) is 0 Å². The normalized spacial score (nSPS) is 41.7. The molecule has 0 unspecified atom stereocenters. The summed E-state index contributed by atoms with van der Waals surface area (Å²) in [4.78, 5) is 21.5. The lowest BCUT2D eigenvalue weighted by atomic mass is 10.1. The molecule has 0 N–H and O–H groups in total. The summed E-state index contributed by atoms with van der Waals surface area (Å²) in [5.41, 5.74) is 0. The van der Waals surface area contributed by atoms with E-state index in [1.165, 1.54) is 0 Å².